The zero-order chi connectivity index (χ0) is 13.9. The maximum absolute atomic E-state index is 12.2. The van der Waals surface area contributed by atoms with Gasteiger partial charge in [0, 0.05) is 0 Å². The molecule has 0 aromatic rings. The van der Waals surface area contributed by atoms with E-state index < -0.39 is 28.0 Å². The van der Waals surface area contributed by atoms with Gasteiger partial charge in [-0.2, -0.15) is 13.2 Å². The van der Waals surface area contributed by atoms with Crippen molar-refractivity contribution < 1.29 is 22.7 Å². The molecular weight excluding hydrogens is 280 g/mol. The Morgan fingerprint density at radius 2 is 1.88 bits per heavy atom. The fourth-order valence-electron chi connectivity index (χ4n) is 0.990. The van der Waals surface area contributed by atoms with Gasteiger partial charge in [-0.3, -0.25) is 4.79 Å². The van der Waals surface area contributed by atoms with Crippen molar-refractivity contribution in [2.45, 2.75) is 31.8 Å². The van der Waals surface area contributed by atoms with Crippen LogP contribution in [0.5, 0.6) is 0 Å². The highest BCUT2D eigenvalue weighted by Crippen LogP contribution is 2.35. The molecule has 0 heterocycles. The van der Waals surface area contributed by atoms with E-state index in [1.54, 1.807) is 13.8 Å². The molecule has 0 fully saturated rings. The van der Waals surface area contributed by atoms with Gasteiger partial charge < -0.3 is 4.74 Å². The maximum atomic E-state index is 12.2. The molecule has 0 saturated carbocycles. The number of hydrogen-bond donors (Lipinski definition) is 0. The zero-order valence-corrected chi connectivity index (χ0v) is 11.1. The van der Waals surface area contributed by atoms with Crippen LogP contribution in [0.25, 0.3) is 0 Å². The third kappa shape index (κ3) is 5.64. The molecule has 0 amide bonds. The Bertz CT molecular complexity index is 311. The van der Waals surface area contributed by atoms with Crippen molar-refractivity contribution in [1.29, 1.82) is 0 Å². The van der Waals surface area contributed by atoms with Crippen molar-refractivity contribution >= 4 is 29.2 Å². The lowest BCUT2D eigenvalue weighted by molar-refractivity contribution is -0.142. The van der Waals surface area contributed by atoms with Crippen LogP contribution in [0.1, 0.15) is 20.3 Å². The summed E-state index contributed by atoms with van der Waals surface area (Å²) in [6.07, 6.45) is -4.04. The van der Waals surface area contributed by atoms with Crippen molar-refractivity contribution in [3.63, 3.8) is 0 Å². The fraction of sp³-hybridized carbons (Fsp3) is 0.700. The second-order valence-electron chi connectivity index (χ2n) is 4.16. The van der Waals surface area contributed by atoms with Crippen LogP contribution in [-0.4, -0.2) is 24.6 Å². The molecule has 1 atom stereocenters. The van der Waals surface area contributed by atoms with E-state index in [0.717, 1.165) is 0 Å². The quantitative estimate of drug-likeness (QED) is 0.581. The highest BCUT2D eigenvalue weighted by Gasteiger charge is 2.36. The van der Waals surface area contributed by atoms with E-state index >= 15 is 0 Å². The van der Waals surface area contributed by atoms with Crippen LogP contribution in [0.2, 0.25) is 0 Å². The van der Waals surface area contributed by atoms with Crippen LogP contribution in [0.4, 0.5) is 13.2 Å². The first-order valence-corrected chi connectivity index (χ1v) is 5.47. The van der Waals surface area contributed by atoms with Crippen LogP contribution in [0.3, 0.4) is 0 Å². The van der Waals surface area contributed by atoms with E-state index in [1.807, 2.05) is 0 Å². The molecule has 0 aliphatic carbocycles. The molecule has 0 rings (SSSR count). The minimum atomic E-state index is -4.63. The monoisotopic (exact) mass is 292 g/mol. The first kappa shape index (κ1) is 16.6. The van der Waals surface area contributed by atoms with E-state index in [4.69, 9.17) is 23.2 Å². The Morgan fingerprint density at radius 1 is 1.41 bits per heavy atom. The summed E-state index contributed by atoms with van der Waals surface area (Å²) in [4.78, 5) is 11.1. The Labute approximate surface area is 108 Å². The van der Waals surface area contributed by atoms with Crippen LogP contribution < -0.4 is 0 Å². The molecular formula is C10H13Cl2F3O2. The summed E-state index contributed by atoms with van der Waals surface area (Å²) in [6, 6.07) is 0. The molecule has 0 aliphatic heterocycles. The number of methoxy groups -OCH3 is 1. The molecule has 0 spiro atoms. The van der Waals surface area contributed by atoms with E-state index in [2.05, 4.69) is 4.74 Å². The van der Waals surface area contributed by atoms with Gasteiger partial charge >= 0.3 is 12.1 Å². The Balaban J connectivity index is 4.80. The maximum Gasteiger partial charge on any atom is 0.426 e. The van der Waals surface area contributed by atoms with Crippen LogP contribution in [0.15, 0.2) is 11.1 Å². The predicted molar refractivity (Wildman–Crippen MR) is 60.0 cm³/mol. The largest absolute Gasteiger partial charge is 0.469 e. The van der Waals surface area contributed by atoms with Gasteiger partial charge in [-0.15, -0.1) is 11.6 Å². The molecule has 0 N–H and O–H groups in total. The number of allylic oxidation sites excluding steroid dienone is 2. The van der Waals surface area contributed by atoms with Crippen molar-refractivity contribution in [3.8, 4) is 0 Å². The molecule has 0 aromatic carbocycles. The number of esters is 1. The average Bonchev–Trinajstić information content (AvgIpc) is 2.15. The minimum absolute atomic E-state index is 0.101. The fourth-order valence-corrected chi connectivity index (χ4v) is 1.38. The molecule has 7 heteroatoms. The van der Waals surface area contributed by atoms with Gasteiger partial charge in [-0.1, -0.05) is 25.4 Å². The second-order valence-corrected chi connectivity index (χ2v) is 5.03. The van der Waals surface area contributed by atoms with E-state index in [9.17, 15) is 18.0 Å². The van der Waals surface area contributed by atoms with Crippen LogP contribution in [-0.2, 0) is 9.53 Å². The number of ether oxygens (including phenoxy) is 1. The third-order valence-corrected chi connectivity index (χ3v) is 3.19. The Morgan fingerprint density at radius 3 is 2.24 bits per heavy atom. The van der Waals surface area contributed by atoms with Gasteiger partial charge in [0.15, 0.2) is 0 Å². The molecule has 17 heavy (non-hydrogen) atoms. The lowest BCUT2D eigenvalue weighted by Crippen LogP contribution is -2.28. The number of carbonyl (C=O) groups is 1. The molecule has 100 valence electrons. The summed E-state index contributed by atoms with van der Waals surface area (Å²) in [6.45, 7) is 3.11. The number of rotatable bonds is 4. The Hall–Kier alpha value is -0.420. The number of hydrogen-bond acceptors (Lipinski definition) is 2. The molecule has 0 radical (unpaired) electrons. The SMILES string of the molecule is COC(=O)CC(C)(C)C(Cl)/C=C(\Cl)C(F)(F)F. The molecule has 0 aromatic heterocycles. The van der Waals surface area contributed by atoms with E-state index in [-0.39, 0.29) is 6.42 Å². The van der Waals surface area contributed by atoms with E-state index in [0.29, 0.717) is 6.08 Å². The predicted octanol–water partition coefficient (Wildman–Crippen LogP) is 3.87. The molecule has 0 bridgehead atoms. The first-order chi connectivity index (χ1) is 7.50. The Kier molecular flexibility index (Phi) is 5.81. The van der Waals surface area contributed by atoms with Crippen molar-refractivity contribution in [1.82, 2.24) is 0 Å². The van der Waals surface area contributed by atoms with Gasteiger partial charge in [0.05, 0.1) is 18.9 Å². The first-order valence-electron chi connectivity index (χ1n) is 4.66. The van der Waals surface area contributed by atoms with Crippen molar-refractivity contribution in [3.05, 3.63) is 11.1 Å². The highest BCUT2D eigenvalue weighted by atomic mass is 35.5. The average molecular weight is 293 g/mol. The van der Waals surface area contributed by atoms with E-state index in [1.165, 1.54) is 7.11 Å². The highest BCUT2D eigenvalue weighted by molar-refractivity contribution is 6.31. The summed E-state index contributed by atoms with van der Waals surface area (Å²) < 4.78 is 41.0. The molecule has 1 unspecified atom stereocenters. The van der Waals surface area contributed by atoms with Crippen molar-refractivity contribution in [2.24, 2.45) is 5.41 Å². The topological polar surface area (TPSA) is 26.3 Å². The van der Waals surface area contributed by atoms with Crippen LogP contribution >= 0.6 is 23.2 Å². The van der Waals surface area contributed by atoms with Gasteiger partial charge in [0.25, 0.3) is 0 Å². The van der Waals surface area contributed by atoms with Crippen LogP contribution in [0, 0.1) is 5.41 Å². The number of alkyl halides is 4. The van der Waals surface area contributed by atoms with Gasteiger partial charge in [-0.25, -0.2) is 0 Å². The van der Waals surface area contributed by atoms with Gasteiger partial charge in [0.2, 0.25) is 0 Å². The minimum Gasteiger partial charge on any atom is -0.469 e. The molecule has 0 aliphatic rings. The smallest absolute Gasteiger partial charge is 0.426 e. The zero-order valence-electron chi connectivity index (χ0n) is 9.57. The number of halogens is 5. The summed E-state index contributed by atoms with van der Waals surface area (Å²) >= 11 is 10.9. The summed E-state index contributed by atoms with van der Waals surface area (Å²) in [5, 5.41) is -2.33. The number of carbonyl (C=O) groups excluding carboxylic acids is 1. The van der Waals surface area contributed by atoms with Gasteiger partial charge in [-0.05, 0) is 11.5 Å². The lowest BCUT2D eigenvalue weighted by atomic mass is 9.85. The normalized spacial score (nSPS) is 15.6. The molecule has 0 saturated heterocycles. The van der Waals surface area contributed by atoms with Gasteiger partial charge in [0.1, 0.15) is 5.03 Å². The summed E-state index contributed by atoms with van der Waals surface area (Å²) in [7, 11) is 1.19. The third-order valence-electron chi connectivity index (χ3n) is 2.14. The van der Waals surface area contributed by atoms with Crippen molar-refractivity contribution in [2.75, 3.05) is 7.11 Å². The summed E-state index contributed by atoms with van der Waals surface area (Å²) in [5.74, 6) is -0.544. The lowest BCUT2D eigenvalue weighted by Gasteiger charge is -2.27. The molecule has 2 nitrogen and oxygen atoms in total. The summed E-state index contributed by atoms with van der Waals surface area (Å²) in [5.41, 5.74) is -0.889. The standard InChI is InChI=1S/C10H13Cl2F3O2/c1-9(2,5-8(16)17-3)6(11)4-7(12)10(13,14)15/h4,6H,5H2,1-3H3/b7-4-. The second kappa shape index (κ2) is 5.96.